The second-order valence-electron chi connectivity index (χ2n) is 5.03. The van der Waals surface area contributed by atoms with E-state index in [0.717, 1.165) is 12.8 Å². The van der Waals surface area contributed by atoms with Crippen LogP contribution in [0.2, 0.25) is 0 Å². The molecule has 0 aromatic rings. The van der Waals surface area contributed by atoms with Crippen molar-refractivity contribution in [2.45, 2.75) is 58.5 Å². The van der Waals surface area contributed by atoms with Crippen molar-refractivity contribution in [3.05, 3.63) is 0 Å². The summed E-state index contributed by atoms with van der Waals surface area (Å²) in [5, 5.41) is 13.2. The molecule has 122 valence electrons. The largest absolute Gasteiger partial charge is 0.481 e. The van der Waals surface area contributed by atoms with E-state index in [0.29, 0.717) is 26.0 Å². The lowest BCUT2D eigenvalue weighted by molar-refractivity contribution is -0.137. The van der Waals surface area contributed by atoms with Gasteiger partial charge in [-0.3, -0.25) is 14.9 Å². The van der Waals surface area contributed by atoms with Crippen LogP contribution in [0.1, 0.15) is 52.4 Å². The summed E-state index contributed by atoms with van der Waals surface area (Å²) in [5.41, 5.74) is 0. The normalized spacial score (nSPS) is 10.4. The summed E-state index contributed by atoms with van der Waals surface area (Å²) >= 11 is 0. The summed E-state index contributed by atoms with van der Waals surface area (Å²) in [7, 11) is 0. The molecule has 0 aliphatic heterocycles. The van der Waals surface area contributed by atoms with Crippen molar-refractivity contribution in [3.63, 3.8) is 0 Å². The Morgan fingerprint density at radius 1 is 1.05 bits per heavy atom. The molecule has 21 heavy (non-hydrogen) atoms. The molecule has 0 atom stereocenters. The fraction of sp³-hybridized carbons (Fsp3) is 0.786. The second kappa shape index (κ2) is 12.1. The molecule has 0 saturated carbocycles. The molecule has 0 radical (unpaired) electrons. The van der Waals surface area contributed by atoms with E-state index in [1.807, 2.05) is 13.8 Å². The summed E-state index contributed by atoms with van der Waals surface area (Å²) < 4.78 is 5.36. The summed E-state index contributed by atoms with van der Waals surface area (Å²) in [6, 6.07) is -0.511. The first-order valence-corrected chi connectivity index (χ1v) is 7.33. The van der Waals surface area contributed by atoms with E-state index in [2.05, 4.69) is 10.6 Å². The highest BCUT2D eigenvalue weighted by molar-refractivity contribution is 5.94. The summed E-state index contributed by atoms with van der Waals surface area (Å²) in [5.74, 6) is -1.27. The van der Waals surface area contributed by atoms with E-state index in [1.165, 1.54) is 0 Å². The predicted molar refractivity (Wildman–Crippen MR) is 78.0 cm³/mol. The van der Waals surface area contributed by atoms with Crippen molar-refractivity contribution in [3.8, 4) is 0 Å². The Kier molecular flexibility index (Phi) is 11.2. The summed E-state index contributed by atoms with van der Waals surface area (Å²) in [6.07, 6.45) is 2.92. The zero-order chi connectivity index (χ0) is 16.1. The SMILES string of the molecule is CC(C)OCCCCNC(=O)NC(=O)CCCCC(=O)O. The van der Waals surface area contributed by atoms with Gasteiger partial charge < -0.3 is 15.2 Å². The Bertz CT molecular complexity index is 331. The molecular weight excluding hydrogens is 276 g/mol. The highest BCUT2D eigenvalue weighted by Crippen LogP contribution is 1.99. The number of hydrogen-bond donors (Lipinski definition) is 3. The Hall–Kier alpha value is -1.63. The van der Waals surface area contributed by atoms with Crippen LogP contribution < -0.4 is 10.6 Å². The molecule has 0 rings (SSSR count). The van der Waals surface area contributed by atoms with Gasteiger partial charge in [-0.2, -0.15) is 0 Å². The lowest BCUT2D eigenvalue weighted by Crippen LogP contribution is -2.39. The van der Waals surface area contributed by atoms with E-state index in [1.54, 1.807) is 0 Å². The predicted octanol–water partition coefficient (Wildman–Crippen LogP) is 1.66. The van der Waals surface area contributed by atoms with Crippen LogP contribution in [0.3, 0.4) is 0 Å². The molecule has 7 nitrogen and oxygen atoms in total. The Balaban J connectivity index is 3.47. The van der Waals surface area contributed by atoms with Gasteiger partial charge in [0.2, 0.25) is 5.91 Å². The highest BCUT2D eigenvalue weighted by atomic mass is 16.5. The monoisotopic (exact) mass is 302 g/mol. The molecule has 0 aromatic carbocycles. The molecular formula is C14H26N2O5. The maximum Gasteiger partial charge on any atom is 0.321 e. The molecule has 0 fully saturated rings. The van der Waals surface area contributed by atoms with Gasteiger partial charge in [-0.1, -0.05) is 0 Å². The number of hydrogen-bond acceptors (Lipinski definition) is 4. The molecule has 0 aliphatic rings. The van der Waals surface area contributed by atoms with Crippen molar-refractivity contribution < 1.29 is 24.2 Å². The number of imide groups is 1. The van der Waals surface area contributed by atoms with Crippen LogP contribution in [-0.4, -0.2) is 42.3 Å². The van der Waals surface area contributed by atoms with E-state index in [4.69, 9.17) is 9.84 Å². The van der Waals surface area contributed by atoms with E-state index >= 15 is 0 Å². The average molecular weight is 302 g/mol. The third-order valence-electron chi connectivity index (χ3n) is 2.61. The number of carbonyl (C=O) groups excluding carboxylic acids is 2. The third-order valence-corrected chi connectivity index (χ3v) is 2.61. The van der Waals surface area contributed by atoms with Crippen molar-refractivity contribution in [1.29, 1.82) is 0 Å². The maximum absolute atomic E-state index is 11.4. The first-order valence-electron chi connectivity index (χ1n) is 7.33. The molecule has 7 heteroatoms. The minimum absolute atomic E-state index is 0.0396. The molecule has 0 aliphatic carbocycles. The number of ether oxygens (including phenoxy) is 1. The lowest BCUT2D eigenvalue weighted by atomic mass is 10.2. The van der Waals surface area contributed by atoms with Crippen LogP contribution >= 0.6 is 0 Å². The van der Waals surface area contributed by atoms with Gasteiger partial charge in [-0.15, -0.1) is 0 Å². The summed E-state index contributed by atoms with van der Waals surface area (Å²) in [4.78, 5) is 33.0. The molecule has 3 N–H and O–H groups in total. The number of nitrogens with one attached hydrogen (secondary N) is 2. The van der Waals surface area contributed by atoms with Gasteiger partial charge in [0.1, 0.15) is 0 Å². The molecule has 0 aromatic heterocycles. The van der Waals surface area contributed by atoms with Crippen LogP contribution in [-0.2, 0) is 14.3 Å². The fourth-order valence-electron chi connectivity index (χ4n) is 1.54. The summed E-state index contributed by atoms with van der Waals surface area (Å²) in [6.45, 7) is 5.07. The standard InChI is InChI=1S/C14H26N2O5/c1-11(2)21-10-6-5-9-15-14(20)16-12(17)7-3-4-8-13(18)19/h11H,3-10H2,1-2H3,(H,18,19)(H2,15,16,17,20). The van der Waals surface area contributed by atoms with Crippen LogP contribution in [0.25, 0.3) is 0 Å². The number of aliphatic carboxylic acids is 1. The molecule has 0 unspecified atom stereocenters. The molecule has 0 spiro atoms. The number of rotatable bonds is 11. The highest BCUT2D eigenvalue weighted by Gasteiger charge is 2.07. The smallest absolute Gasteiger partial charge is 0.321 e. The van der Waals surface area contributed by atoms with Crippen molar-refractivity contribution in [2.24, 2.45) is 0 Å². The van der Waals surface area contributed by atoms with E-state index < -0.39 is 12.0 Å². The minimum atomic E-state index is -0.880. The minimum Gasteiger partial charge on any atom is -0.481 e. The van der Waals surface area contributed by atoms with Crippen LogP contribution in [0, 0.1) is 0 Å². The first-order chi connectivity index (χ1) is 9.91. The van der Waals surface area contributed by atoms with E-state index in [9.17, 15) is 14.4 Å². The topological polar surface area (TPSA) is 105 Å². The van der Waals surface area contributed by atoms with Gasteiger partial charge in [-0.05, 0) is 39.5 Å². The second-order valence-corrected chi connectivity index (χ2v) is 5.03. The Morgan fingerprint density at radius 2 is 1.71 bits per heavy atom. The maximum atomic E-state index is 11.4. The number of carbonyl (C=O) groups is 3. The van der Waals surface area contributed by atoms with Gasteiger partial charge in [0.05, 0.1) is 6.10 Å². The van der Waals surface area contributed by atoms with Gasteiger partial charge >= 0.3 is 12.0 Å². The number of urea groups is 1. The van der Waals surface area contributed by atoms with Crippen molar-refractivity contribution in [1.82, 2.24) is 10.6 Å². The van der Waals surface area contributed by atoms with E-state index in [-0.39, 0.29) is 24.9 Å². The lowest BCUT2D eigenvalue weighted by Gasteiger charge is -2.08. The van der Waals surface area contributed by atoms with Crippen molar-refractivity contribution in [2.75, 3.05) is 13.2 Å². The molecule has 0 heterocycles. The Morgan fingerprint density at radius 3 is 2.33 bits per heavy atom. The fourth-order valence-corrected chi connectivity index (χ4v) is 1.54. The molecule has 0 bridgehead atoms. The van der Waals surface area contributed by atoms with Gasteiger partial charge in [0.25, 0.3) is 0 Å². The van der Waals surface area contributed by atoms with Crippen LogP contribution in [0.15, 0.2) is 0 Å². The number of carboxylic acid groups (broad SMARTS) is 1. The third kappa shape index (κ3) is 14.6. The number of carboxylic acids is 1. The van der Waals surface area contributed by atoms with Gasteiger partial charge in [0.15, 0.2) is 0 Å². The zero-order valence-electron chi connectivity index (χ0n) is 12.8. The van der Waals surface area contributed by atoms with Gasteiger partial charge in [-0.25, -0.2) is 4.79 Å². The first kappa shape index (κ1) is 19.4. The Labute approximate surface area is 125 Å². The average Bonchev–Trinajstić information content (AvgIpc) is 2.38. The number of unbranched alkanes of at least 4 members (excludes halogenated alkanes) is 2. The van der Waals surface area contributed by atoms with Crippen molar-refractivity contribution >= 4 is 17.9 Å². The van der Waals surface area contributed by atoms with Crippen LogP contribution in [0.5, 0.6) is 0 Å². The van der Waals surface area contributed by atoms with Gasteiger partial charge in [0, 0.05) is 26.0 Å². The molecule has 0 saturated heterocycles. The van der Waals surface area contributed by atoms with Crippen LogP contribution in [0.4, 0.5) is 4.79 Å². The zero-order valence-corrected chi connectivity index (χ0v) is 12.8. The molecule has 3 amide bonds. The quantitative estimate of drug-likeness (QED) is 0.503. The number of amides is 3.